The molecule has 0 amide bonds. The number of hydrogen-bond acceptors (Lipinski definition) is 3. The fraction of sp³-hybridized carbons (Fsp3) is 0.333. The number of hydrogen-bond donors (Lipinski definition) is 0. The van der Waals surface area contributed by atoms with Crippen molar-refractivity contribution in [3.63, 3.8) is 0 Å². The summed E-state index contributed by atoms with van der Waals surface area (Å²) in [4.78, 5) is 2.04. The summed E-state index contributed by atoms with van der Waals surface area (Å²) < 4.78 is 38.3. The van der Waals surface area contributed by atoms with Crippen molar-refractivity contribution in [2.24, 2.45) is 0 Å². The molecule has 1 aliphatic rings. The van der Waals surface area contributed by atoms with E-state index in [9.17, 15) is 8.78 Å². The zero-order chi connectivity index (χ0) is 16.4. The van der Waals surface area contributed by atoms with Gasteiger partial charge in [-0.3, -0.25) is 4.90 Å². The maximum absolute atomic E-state index is 13.8. The van der Waals surface area contributed by atoms with Crippen LogP contribution >= 0.6 is 0 Å². The van der Waals surface area contributed by atoms with E-state index in [0.717, 1.165) is 18.5 Å². The first-order chi connectivity index (χ1) is 11.1. The summed E-state index contributed by atoms with van der Waals surface area (Å²) in [5, 5.41) is 0. The second-order valence-electron chi connectivity index (χ2n) is 5.64. The lowest BCUT2D eigenvalue weighted by Crippen LogP contribution is -2.30. The minimum absolute atomic E-state index is 0.122. The van der Waals surface area contributed by atoms with Gasteiger partial charge >= 0.3 is 0 Å². The van der Waals surface area contributed by atoms with E-state index in [1.807, 2.05) is 17.0 Å². The number of halogens is 2. The van der Waals surface area contributed by atoms with E-state index in [2.05, 4.69) is 0 Å². The monoisotopic (exact) mass is 319 g/mol. The van der Waals surface area contributed by atoms with Crippen LogP contribution in [0.15, 0.2) is 30.3 Å². The predicted molar refractivity (Wildman–Crippen MR) is 83.7 cm³/mol. The molecule has 0 aromatic heterocycles. The molecule has 2 aromatic carbocycles. The third-order valence-corrected chi connectivity index (χ3v) is 4.24. The van der Waals surface area contributed by atoms with E-state index >= 15 is 0 Å². The van der Waals surface area contributed by atoms with Crippen molar-refractivity contribution in [2.45, 2.75) is 19.5 Å². The molecule has 2 aromatic rings. The molecule has 0 radical (unpaired) electrons. The van der Waals surface area contributed by atoms with Gasteiger partial charge in [0.15, 0.2) is 11.5 Å². The van der Waals surface area contributed by atoms with Gasteiger partial charge in [0.25, 0.3) is 0 Å². The van der Waals surface area contributed by atoms with Crippen LogP contribution in [-0.2, 0) is 19.5 Å². The van der Waals surface area contributed by atoms with Gasteiger partial charge in [0.1, 0.15) is 11.6 Å². The highest BCUT2D eigenvalue weighted by atomic mass is 19.1. The third-order valence-electron chi connectivity index (χ3n) is 4.24. The van der Waals surface area contributed by atoms with Gasteiger partial charge in [-0.15, -0.1) is 0 Å². The van der Waals surface area contributed by atoms with Crippen molar-refractivity contribution in [3.8, 4) is 11.5 Å². The van der Waals surface area contributed by atoms with Crippen molar-refractivity contribution in [1.82, 2.24) is 4.90 Å². The summed E-state index contributed by atoms with van der Waals surface area (Å²) in [6, 6.07) is 7.90. The van der Waals surface area contributed by atoms with Crippen molar-refractivity contribution in [1.29, 1.82) is 0 Å². The van der Waals surface area contributed by atoms with Gasteiger partial charge in [-0.1, -0.05) is 6.07 Å². The van der Waals surface area contributed by atoms with Crippen molar-refractivity contribution >= 4 is 0 Å². The summed E-state index contributed by atoms with van der Waals surface area (Å²) in [6.45, 7) is 1.63. The van der Waals surface area contributed by atoms with E-state index in [0.29, 0.717) is 18.0 Å². The Morgan fingerprint density at radius 2 is 1.61 bits per heavy atom. The van der Waals surface area contributed by atoms with Crippen LogP contribution in [0.4, 0.5) is 8.78 Å². The largest absolute Gasteiger partial charge is 0.493 e. The van der Waals surface area contributed by atoms with Crippen molar-refractivity contribution < 1.29 is 18.3 Å². The zero-order valence-electron chi connectivity index (χ0n) is 13.2. The van der Waals surface area contributed by atoms with E-state index < -0.39 is 11.6 Å². The Balaban J connectivity index is 1.83. The summed E-state index contributed by atoms with van der Waals surface area (Å²) in [6.07, 6.45) is 0.811. The number of benzene rings is 2. The molecule has 23 heavy (non-hydrogen) atoms. The minimum Gasteiger partial charge on any atom is -0.493 e. The van der Waals surface area contributed by atoms with Gasteiger partial charge in [0.2, 0.25) is 0 Å². The highest BCUT2D eigenvalue weighted by molar-refractivity contribution is 5.48. The fourth-order valence-corrected chi connectivity index (χ4v) is 2.98. The highest BCUT2D eigenvalue weighted by Crippen LogP contribution is 2.33. The molecule has 0 saturated carbocycles. The molecule has 3 nitrogen and oxygen atoms in total. The lowest BCUT2D eigenvalue weighted by Gasteiger charge is -2.29. The van der Waals surface area contributed by atoms with Crippen LogP contribution in [-0.4, -0.2) is 25.7 Å². The van der Waals surface area contributed by atoms with Crippen molar-refractivity contribution in [3.05, 3.63) is 58.7 Å². The number of rotatable bonds is 4. The van der Waals surface area contributed by atoms with Crippen LogP contribution in [0.5, 0.6) is 11.5 Å². The number of ether oxygens (including phenoxy) is 2. The van der Waals surface area contributed by atoms with E-state index in [-0.39, 0.29) is 12.1 Å². The molecule has 122 valence electrons. The Labute approximate surface area is 134 Å². The molecule has 0 bridgehead atoms. The van der Waals surface area contributed by atoms with E-state index in [4.69, 9.17) is 9.47 Å². The van der Waals surface area contributed by atoms with Gasteiger partial charge in [-0.25, -0.2) is 8.78 Å². The Hall–Kier alpha value is -2.14. The first-order valence-corrected chi connectivity index (χ1v) is 7.51. The van der Waals surface area contributed by atoms with Crippen LogP contribution in [0, 0.1) is 11.6 Å². The first-order valence-electron chi connectivity index (χ1n) is 7.51. The highest BCUT2D eigenvalue weighted by Gasteiger charge is 2.21. The third kappa shape index (κ3) is 3.15. The lowest BCUT2D eigenvalue weighted by atomic mass is 9.98. The smallest absolute Gasteiger partial charge is 0.161 e. The van der Waals surface area contributed by atoms with E-state index in [1.54, 1.807) is 14.2 Å². The molecule has 0 N–H and O–H groups in total. The van der Waals surface area contributed by atoms with Crippen molar-refractivity contribution in [2.75, 3.05) is 20.8 Å². The molecule has 1 aliphatic heterocycles. The zero-order valence-corrected chi connectivity index (χ0v) is 13.2. The van der Waals surface area contributed by atoms with Crippen LogP contribution in [0.25, 0.3) is 0 Å². The summed E-state index contributed by atoms with van der Waals surface area (Å²) in [5.41, 5.74) is 2.41. The first kappa shape index (κ1) is 15.7. The molecular formula is C18H19F2NO2. The Bertz CT molecular complexity index is 698. The molecule has 0 unspecified atom stereocenters. The summed E-state index contributed by atoms with van der Waals surface area (Å²) in [7, 11) is 3.21. The normalized spacial score (nSPS) is 14.4. The van der Waals surface area contributed by atoms with Gasteiger partial charge in [-0.05, 0) is 41.8 Å². The second-order valence-corrected chi connectivity index (χ2v) is 5.64. The van der Waals surface area contributed by atoms with E-state index in [1.165, 1.54) is 23.8 Å². The molecule has 3 rings (SSSR count). The number of fused-ring (bicyclic) bond motifs is 1. The standard InChI is InChI=1S/C18H19F2NO2/c1-22-17-8-12-6-7-21(10-13(12)9-18(17)23-2)11-14-15(19)4-3-5-16(14)20/h3-5,8-9H,6-7,10-11H2,1-2H3. The Kier molecular flexibility index (Phi) is 4.48. The van der Waals surface area contributed by atoms with Crippen LogP contribution in [0.3, 0.4) is 0 Å². The molecule has 0 saturated heterocycles. The SMILES string of the molecule is COc1cc2c(cc1OC)CN(Cc1c(F)cccc1F)CC2. The molecule has 1 heterocycles. The van der Waals surface area contributed by atoms with Crippen LogP contribution in [0.1, 0.15) is 16.7 Å². The lowest BCUT2D eigenvalue weighted by molar-refractivity contribution is 0.237. The summed E-state index contributed by atoms with van der Waals surface area (Å²) in [5.74, 6) is 0.385. The van der Waals surface area contributed by atoms with Gasteiger partial charge in [-0.2, -0.15) is 0 Å². The van der Waals surface area contributed by atoms with Gasteiger partial charge in [0.05, 0.1) is 14.2 Å². The molecule has 0 spiro atoms. The molecule has 5 heteroatoms. The second kappa shape index (κ2) is 6.54. The molecule has 0 atom stereocenters. The van der Waals surface area contributed by atoms with Gasteiger partial charge in [0, 0.05) is 25.2 Å². The summed E-state index contributed by atoms with van der Waals surface area (Å²) >= 11 is 0. The van der Waals surface area contributed by atoms with Gasteiger partial charge < -0.3 is 9.47 Å². The number of nitrogens with zero attached hydrogens (tertiary/aromatic N) is 1. The minimum atomic E-state index is -0.497. The predicted octanol–water partition coefficient (Wildman–Crippen LogP) is 3.54. The fourth-order valence-electron chi connectivity index (χ4n) is 2.98. The topological polar surface area (TPSA) is 21.7 Å². The molecule has 0 aliphatic carbocycles. The maximum Gasteiger partial charge on any atom is 0.161 e. The van der Waals surface area contributed by atoms with Crippen LogP contribution < -0.4 is 9.47 Å². The number of methoxy groups -OCH3 is 2. The van der Waals surface area contributed by atoms with Crippen LogP contribution in [0.2, 0.25) is 0 Å². The Morgan fingerprint density at radius 1 is 1.00 bits per heavy atom. The molecule has 0 fully saturated rings. The Morgan fingerprint density at radius 3 is 2.22 bits per heavy atom. The molecular weight excluding hydrogens is 300 g/mol. The average Bonchev–Trinajstić information content (AvgIpc) is 2.56. The quantitative estimate of drug-likeness (QED) is 0.860. The average molecular weight is 319 g/mol. The maximum atomic E-state index is 13.8.